The highest BCUT2D eigenvalue weighted by Gasteiger charge is 2.03. The predicted molar refractivity (Wildman–Crippen MR) is 55.8 cm³/mol. The summed E-state index contributed by atoms with van der Waals surface area (Å²) in [5.74, 6) is 0. The molecule has 1 atom stereocenters. The maximum absolute atomic E-state index is 9.48. The first kappa shape index (κ1) is 12.7. The maximum atomic E-state index is 9.48. The van der Waals surface area contributed by atoms with E-state index in [1.54, 1.807) is 0 Å². The molecule has 0 fully saturated rings. The third-order valence-electron chi connectivity index (χ3n) is 1.85. The van der Waals surface area contributed by atoms with Gasteiger partial charge in [-0.3, -0.25) is 0 Å². The second-order valence-electron chi connectivity index (χ2n) is 3.55. The summed E-state index contributed by atoms with van der Waals surface area (Å²) >= 11 is 0. The number of aliphatic hydroxyl groups is 1. The molecule has 0 saturated carbocycles. The Bertz CT molecular complexity index is 132. The van der Waals surface area contributed by atoms with Crippen molar-refractivity contribution < 1.29 is 9.84 Å². The van der Waals surface area contributed by atoms with Gasteiger partial charge in [0.05, 0.1) is 6.10 Å². The molecule has 0 bridgehead atoms. The van der Waals surface area contributed by atoms with Crippen LogP contribution >= 0.6 is 0 Å². The Labute approximate surface area is 81.6 Å². The zero-order valence-electron chi connectivity index (χ0n) is 8.88. The van der Waals surface area contributed by atoms with Gasteiger partial charge < -0.3 is 9.84 Å². The van der Waals surface area contributed by atoms with Gasteiger partial charge in [-0.05, 0) is 32.6 Å². The Kier molecular flexibility index (Phi) is 8.05. The molecule has 0 aromatic carbocycles. The number of aliphatic hydroxyl groups excluding tert-OH is 1. The molecule has 0 aromatic rings. The first-order valence-corrected chi connectivity index (χ1v) is 5.07. The van der Waals surface area contributed by atoms with Crippen LogP contribution in [0.3, 0.4) is 0 Å². The minimum Gasteiger partial charge on any atom is -0.393 e. The van der Waals surface area contributed by atoms with E-state index in [4.69, 9.17) is 4.74 Å². The van der Waals surface area contributed by atoms with Gasteiger partial charge in [0, 0.05) is 13.2 Å². The molecule has 1 N–H and O–H groups in total. The average Bonchev–Trinajstić information content (AvgIpc) is 2.09. The van der Waals surface area contributed by atoms with Gasteiger partial charge in [0.2, 0.25) is 0 Å². The third-order valence-corrected chi connectivity index (χ3v) is 1.85. The van der Waals surface area contributed by atoms with Gasteiger partial charge in [-0.1, -0.05) is 12.5 Å². The number of ether oxygens (including phenoxy) is 1. The summed E-state index contributed by atoms with van der Waals surface area (Å²) in [6, 6.07) is 0. The second kappa shape index (κ2) is 8.27. The van der Waals surface area contributed by atoms with Crippen molar-refractivity contribution >= 4 is 0 Å². The molecular formula is C11H22O2. The number of hydrogen-bond donors (Lipinski definition) is 1. The van der Waals surface area contributed by atoms with Crippen LogP contribution in [0.2, 0.25) is 0 Å². The first-order valence-electron chi connectivity index (χ1n) is 5.07. The van der Waals surface area contributed by atoms with Crippen LogP contribution in [0.1, 0.15) is 39.5 Å². The van der Waals surface area contributed by atoms with E-state index >= 15 is 0 Å². The molecule has 0 radical (unpaired) electrons. The lowest BCUT2D eigenvalue weighted by atomic mass is 10.1. The lowest BCUT2D eigenvalue weighted by Crippen LogP contribution is -2.10. The Balaban J connectivity index is 3.19. The SMILES string of the molecule is C=C(C)CCC(O)CCOCCC. The van der Waals surface area contributed by atoms with E-state index in [-0.39, 0.29) is 6.10 Å². The van der Waals surface area contributed by atoms with Gasteiger partial charge in [-0.2, -0.15) is 0 Å². The Morgan fingerprint density at radius 2 is 2.08 bits per heavy atom. The fourth-order valence-electron chi connectivity index (χ4n) is 1.02. The summed E-state index contributed by atoms with van der Waals surface area (Å²) in [4.78, 5) is 0. The van der Waals surface area contributed by atoms with Crippen LogP contribution in [0.5, 0.6) is 0 Å². The van der Waals surface area contributed by atoms with Crippen LogP contribution < -0.4 is 0 Å². The van der Waals surface area contributed by atoms with E-state index in [2.05, 4.69) is 13.5 Å². The molecule has 0 saturated heterocycles. The van der Waals surface area contributed by atoms with E-state index in [1.807, 2.05) is 6.92 Å². The van der Waals surface area contributed by atoms with Crippen LogP contribution in [-0.2, 0) is 4.74 Å². The molecule has 1 unspecified atom stereocenters. The normalized spacial score (nSPS) is 12.8. The van der Waals surface area contributed by atoms with E-state index in [0.717, 1.165) is 37.9 Å². The van der Waals surface area contributed by atoms with E-state index in [9.17, 15) is 5.11 Å². The summed E-state index contributed by atoms with van der Waals surface area (Å²) in [5.41, 5.74) is 1.13. The van der Waals surface area contributed by atoms with E-state index in [1.165, 1.54) is 0 Å². The Hall–Kier alpha value is -0.340. The molecule has 0 heterocycles. The predicted octanol–water partition coefficient (Wildman–Crippen LogP) is 2.52. The lowest BCUT2D eigenvalue weighted by molar-refractivity contribution is 0.0786. The molecule has 0 spiro atoms. The molecular weight excluding hydrogens is 164 g/mol. The monoisotopic (exact) mass is 186 g/mol. The Morgan fingerprint density at radius 3 is 2.62 bits per heavy atom. The topological polar surface area (TPSA) is 29.5 Å². The Morgan fingerprint density at radius 1 is 1.38 bits per heavy atom. The van der Waals surface area contributed by atoms with Gasteiger partial charge in [0.25, 0.3) is 0 Å². The number of allylic oxidation sites excluding steroid dienone is 1. The average molecular weight is 186 g/mol. The lowest BCUT2D eigenvalue weighted by Gasteiger charge is -2.10. The van der Waals surface area contributed by atoms with Crippen molar-refractivity contribution in [3.63, 3.8) is 0 Å². The number of rotatable bonds is 8. The van der Waals surface area contributed by atoms with Gasteiger partial charge in [0.15, 0.2) is 0 Å². The molecule has 2 nitrogen and oxygen atoms in total. The summed E-state index contributed by atoms with van der Waals surface area (Å²) in [7, 11) is 0. The van der Waals surface area contributed by atoms with Crippen LogP contribution in [0.25, 0.3) is 0 Å². The zero-order chi connectivity index (χ0) is 10.1. The van der Waals surface area contributed by atoms with E-state index in [0.29, 0.717) is 6.61 Å². The van der Waals surface area contributed by atoms with Crippen molar-refractivity contribution in [1.82, 2.24) is 0 Å². The summed E-state index contributed by atoms with van der Waals surface area (Å²) in [6.45, 7) is 9.33. The van der Waals surface area contributed by atoms with Crippen molar-refractivity contribution in [2.75, 3.05) is 13.2 Å². The molecule has 78 valence electrons. The maximum Gasteiger partial charge on any atom is 0.0565 e. The van der Waals surface area contributed by atoms with Crippen LogP contribution in [-0.4, -0.2) is 24.4 Å². The molecule has 13 heavy (non-hydrogen) atoms. The van der Waals surface area contributed by atoms with Gasteiger partial charge in [-0.15, -0.1) is 6.58 Å². The highest BCUT2D eigenvalue weighted by atomic mass is 16.5. The van der Waals surface area contributed by atoms with Gasteiger partial charge in [0.1, 0.15) is 0 Å². The van der Waals surface area contributed by atoms with Crippen molar-refractivity contribution in [3.8, 4) is 0 Å². The fraction of sp³-hybridized carbons (Fsp3) is 0.818. The molecule has 0 aliphatic carbocycles. The van der Waals surface area contributed by atoms with Crippen molar-refractivity contribution in [1.29, 1.82) is 0 Å². The minimum atomic E-state index is -0.228. The van der Waals surface area contributed by atoms with Crippen molar-refractivity contribution in [3.05, 3.63) is 12.2 Å². The summed E-state index contributed by atoms with van der Waals surface area (Å²) in [5, 5.41) is 9.48. The molecule has 2 heteroatoms. The van der Waals surface area contributed by atoms with Gasteiger partial charge in [-0.25, -0.2) is 0 Å². The van der Waals surface area contributed by atoms with Crippen molar-refractivity contribution in [2.45, 2.75) is 45.6 Å². The highest BCUT2D eigenvalue weighted by molar-refractivity contribution is 4.88. The van der Waals surface area contributed by atoms with E-state index < -0.39 is 0 Å². The van der Waals surface area contributed by atoms with Gasteiger partial charge >= 0.3 is 0 Å². The molecule has 0 aromatic heterocycles. The highest BCUT2D eigenvalue weighted by Crippen LogP contribution is 2.07. The summed E-state index contributed by atoms with van der Waals surface area (Å²) in [6.07, 6.45) is 3.28. The standard InChI is InChI=1S/C11H22O2/c1-4-8-13-9-7-11(12)6-5-10(2)3/h11-12H,2,4-9H2,1,3H3. The van der Waals surface area contributed by atoms with Crippen LogP contribution in [0, 0.1) is 0 Å². The minimum absolute atomic E-state index is 0.228. The zero-order valence-corrected chi connectivity index (χ0v) is 8.88. The van der Waals surface area contributed by atoms with Crippen LogP contribution in [0.4, 0.5) is 0 Å². The summed E-state index contributed by atoms with van der Waals surface area (Å²) < 4.78 is 5.28. The first-order chi connectivity index (χ1) is 6.16. The largest absolute Gasteiger partial charge is 0.393 e. The molecule has 0 aliphatic rings. The van der Waals surface area contributed by atoms with Crippen LogP contribution in [0.15, 0.2) is 12.2 Å². The molecule has 0 aliphatic heterocycles. The number of hydrogen-bond acceptors (Lipinski definition) is 2. The molecule has 0 amide bonds. The quantitative estimate of drug-likeness (QED) is 0.466. The van der Waals surface area contributed by atoms with Crippen molar-refractivity contribution in [2.24, 2.45) is 0 Å². The third kappa shape index (κ3) is 9.57. The molecule has 0 rings (SSSR count). The second-order valence-corrected chi connectivity index (χ2v) is 3.55. The fourth-order valence-corrected chi connectivity index (χ4v) is 1.02. The smallest absolute Gasteiger partial charge is 0.0565 e.